The average molecular weight is 775 g/mol. The Kier molecular flexibility index (Phi) is 7.26. The van der Waals surface area contributed by atoms with Crippen LogP contribution < -0.4 is 4.90 Å². The molecule has 2 nitrogen and oxygen atoms in total. The van der Waals surface area contributed by atoms with Crippen LogP contribution in [-0.2, 0) is 5.41 Å². The van der Waals surface area contributed by atoms with E-state index in [9.17, 15) is 0 Å². The Morgan fingerprint density at radius 2 is 0.902 bits per heavy atom. The van der Waals surface area contributed by atoms with Crippen LogP contribution in [0.5, 0.6) is 0 Å². The highest BCUT2D eigenvalue weighted by molar-refractivity contribution is 6.27. The number of benzene rings is 10. The van der Waals surface area contributed by atoms with Crippen LogP contribution >= 0.6 is 0 Å². The fourth-order valence-corrected chi connectivity index (χ4v) is 11.0. The van der Waals surface area contributed by atoms with Crippen molar-refractivity contribution in [1.29, 1.82) is 0 Å². The third-order valence-corrected chi connectivity index (χ3v) is 13.3. The molecular weight excluding hydrogens is 737 g/mol. The van der Waals surface area contributed by atoms with Gasteiger partial charge in [-0.05, 0) is 115 Å². The lowest BCUT2D eigenvalue weighted by Crippen LogP contribution is -2.31. The van der Waals surface area contributed by atoms with Gasteiger partial charge in [0.15, 0.2) is 0 Å². The molecule has 2 aliphatic carbocycles. The minimum Gasteiger partial charge on any atom is -0.310 e. The van der Waals surface area contributed by atoms with Gasteiger partial charge in [0.1, 0.15) is 0 Å². The van der Waals surface area contributed by atoms with Gasteiger partial charge in [0.05, 0.1) is 22.1 Å². The molecule has 61 heavy (non-hydrogen) atoms. The van der Waals surface area contributed by atoms with Gasteiger partial charge in [-0.1, -0.05) is 176 Å². The second kappa shape index (κ2) is 13.0. The van der Waals surface area contributed by atoms with Crippen molar-refractivity contribution in [2.75, 3.05) is 4.90 Å². The van der Waals surface area contributed by atoms with Gasteiger partial charge < -0.3 is 9.47 Å². The number of nitrogens with zero attached hydrogens (tertiary/aromatic N) is 2. The van der Waals surface area contributed by atoms with Gasteiger partial charge in [-0.15, -0.1) is 0 Å². The molecule has 13 rings (SSSR count). The van der Waals surface area contributed by atoms with Gasteiger partial charge in [0.2, 0.25) is 0 Å². The van der Waals surface area contributed by atoms with Crippen molar-refractivity contribution in [3.8, 4) is 39.1 Å². The molecule has 0 fully saturated rings. The van der Waals surface area contributed by atoms with Crippen molar-refractivity contribution in [2.45, 2.75) is 5.41 Å². The lowest BCUT2D eigenvalue weighted by molar-refractivity contribution is 0.783. The van der Waals surface area contributed by atoms with Crippen molar-refractivity contribution < 1.29 is 0 Å². The molecule has 2 aliphatic rings. The van der Waals surface area contributed by atoms with E-state index < -0.39 is 5.41 Å². The molecule has 1 aromatic heterocycles. The lowest BCUT2D eigenvalue weighted by Gasteiger charge is -2.39. The van der Waals surface area contributed by atoms with E-state index in [-0.39, 0.29) is 0 Å². The summed E-state index contributed by atoms with van der Waals surface area (Å²) in [5, 5.41) is 5.19. The van der Waals surface area contributed by atoms with Gasteiger partial charge in [0, 0.05) is 33.4 Å². The van der Waals surface area contributed by atoms with Crippen molar-refractivity contribution in [3.05, 3.63) is 253 Å². The first-order chi connectivity index (χ1) is 30.3. The van der Waals surface area contributed by atoms with Crippen LogP contribution in [0.2, 0.25) is 0 Å². The third-order valence-electron chi connectivity index (χ3n) is 13.3. The lowest BCUT2D eigenvalue weighted by atomic mass is 9.63. The largest absolute Gasteiger partial charge is 0.310 e. The van der Waals surface area contributed by atoms with Crippen molar-refractivity contribution in [3.63, 3.8) is 0 Å². The summed E-state index contributed by atoms with van der Waals surface area (Å²) in [6.45, 7) is 0. The molecule has 0 saturated carbocycles. The SMILES string of the molecule is c1ccc(-c2cccc(-n3c4cccc5c4c4c6c(cc(N(c7ccccc7)c7ccccc7-c7ccccc7)cc6ccc43)C53c4ccccc4-c4ccccc43)c2)cc1. The highest BCUT2D eigenvalue weighted by Crippen LogP contribution is 2.63. The zero-order valence-corrected chi connectivity index (χ0v) is 33.3. The van der Waals surface area contributed by atoms with Crippen LogP contribution in [0.4, 0.5) is 17.1 Å². The first-order valence-electron chi connectivity index (χ1n) is 21.2. The molecular formula is C59H38N2. The molecule has 0 N–H and O–H groups in total. The monoisotopic (exact) mass is 774 g/mol. The number of fused-ring (bicyclic) bond motifs is 7. The number of hydrogen-bond donors (Lipinski definition) is 0. The van der Waals surface area contributed by atoms with E-state index in [0.717, 1.165) is 22.7 Å². The number of para-hydroxylation sites is 2. The van der Waals surface area contributed by atoms with E-state index in [4.69, 9.17) is 0 Å². The molecule has 0 bridgehead atoms. The first-order valence-corrected chi connectivity index (χ1v) is 21.2. The van der Waals surface area contributed by atoms with E-state index in [2.05, 4.69) is 240 Å². The van der Waals surface area contributed by atoms with Gasteiger partial charge >= 0.3 is 0 Å². The Labute approximate surface area is 354 Å². The Bertz CT molecular complexity index is 3480. The van der Waals surface area contributed by atoms with Crippen LogP contribution in [0.3, 0.4) is 0 Å². The predicted molar refractivity (Wildman–Crippen MR) is 255 cm³/mol. The average Bonchev–Trinajstić information content (AvgIpc) is 3.83. The standard InChI is InChI=1S/C59H38N2/c1-4-18-39(19-5-1)41-22-16-25-44(36-41)61-54-33-17-31-51-57(54)58-55(61)35-34-42-37-45(38-52(56(42)58)59(51)49-29-13-10-27-47(49)48-28-11-14-30-50(48)59)60(43-23-8-3-9-24-43)53-32-15-12-26-46(53)40-20-6-2-7-21-40/h1-38H. The molecule has 0 radical (unpaired) electrons. The molecule has 0 unspecified atom stereocenters. The number of hydrogen-bond acceptors (Lipinski definition) is 1. The Morgan fingerprint density at radius 1 is 0.328 bits per heavy atom. The molecule has 0 atom stereocenters. The zero-order valence-electron chi connectivity index (χ0n) is 33.3. The zero-order chi connectivity index (χ0) is 40.1. The van der Waals surface area contributed by atoms with Crippen molar-refractivity contribution >= 4 is 49.6 Å². The quantitative estimate of drug-likeness (QED) is 0.163. The molecule has 10 aromatic carbocycles. The fourth-order valence-electron chi connectivity index (χ4n) is 11.0. The van der Waals surface area contributed by atoms with E-state index >= 15 is 0 Å². The Morgan fingerprint density at radius 3 is 1.64 bits per heavy atom. The number of aromatic nitrogens is 1. The smallest absolute Gasteiger partial charge is 0.0727 e. The Hall–Kier alpha value is -7.94. The molecule has 0 saturated heterocycles. The second-order valence-electron chi connectivity index (χ2n) is 16.4. The molecule has 11 aromatic rings. The molecule has 0 aliphatic heterocycles. The molecule has 1 spiro atoms. The van der Waals surface area contributed by atoms with E-state index in [1.165, 1.54) is 88.2 Å². The minimum absolute atomic E-state index is 0.568. The summed E-state index contributed by atoms with van der Waals surface area (Å²) in [5.74, 6) is 0. The van der Waals surface area contributed by atoms with E-state index in [1.54, 1.807) is 0 Å². The van der Waals surface area contributed by atoms with Crippen LogP contribution in [0.1, 0.15) is 22.3 Å². The van der Waals surface area contributed by atoms with Crippen LogP contribution in [0.25, 0.3) is 71.6 Å². The fraction of sp³-hybridized carbons (Fsp3) is 0.0169. The van der Waals surface area contributed by atoms with E-state index in [0.29, 0.717) is 0 Å². The maximum absolute atomic E-state index is 2.53. The molecule has 0 amide bonds. The van der Waals surface area contributed by atoms with Gasteiger partial charge in [-0.3, -0.25) is 0 Å². The summed E-state index contributed by atoms with van der Waals surface area (Å²) in [4.78, 5) is 2.47. The second-order valence-corrected chi connectivity index (χ2v) is 16.4. The molecule has 284 valence electrons. The number of anilines is 3. The first kappa shape index (κ1) is 34.0. The predicted octanol–water partition coefficient (Wildman–Crippen LogP) is 15.4. The Balaban J connectivity index is 1.18. The van der Waals surface area contributed by atoms with Gasteiger partial charge in [-0.2, -0.15) is 0 Å². The third kappa shape index (κ3) is 4.73. The minimum atomic E-state index is -0.568. The summed E-state index contributed by atoms with van der Waals surface area (Å²) in [7, 11) is 0. The summed E-state index contributed by atoms with van der Waals surface area (Å²) in [6, 6.07) is 85.3. The van der Waals surface area contributed by atoms with Crippen molar-refractivity contribution in [2.24, 2.45) is 0 Å². The van der Waals surface area contributed by atoms with Gasteiger partial charge in [-0.25, -0.2) is 0 Å². The maximum atomic E-state index is 2.53. The van der Waals surface area contributed by atoms with E-state index in [1.807, 2.05) is 0 Å². The van der Waals surface area contributed by atoms with Crippen LogP contribution in [-0.4, -0.2) is 4.57 Å². The maximum Gasteiger partial charge on any atom is 0.0727 e. The normalized spacial score (nSPS) is 13.0. The highest BCUT2D eigenvalue weighted by Gasteiger charge is 2.50. The van der Waals surface area contributed by atoms with Crippen molar-refractivity contribution in [1.82, 2.24) is 4.57 Å². The highest BCUT2D eigenvalue weighted by atomic mass is 15.1. The topological polar surface area (TPSA) is 8.17 Å². The van der Waals surface area contributed by atoms with Gasteiger partial charge in [0.25, 0.3) is 0 Å². The summed E-state index contributed by atoms with van der Waals surface area (Å²) in [6.07, 6.45) is 0. The van der Waals surface area contributed by atoms with Crippen LogP contribution in [0.15, 0.2) is 231 Å². The summed E-state index contributed by atoms with van der Waals surface area (Å²) >= 11 is 0. The summed E-state index contributed by atoms with van der Waals surface area (Å²) < 4.78 is 2.51. The number of rotatable bonds is 6. The summed E-state index contributed by atoms with van der Waals surface area (Å²) in [5.41, 5.74) is 19.1. The van der Waals surface area contributed by atoms with Crippen LogP contribution in [0, 0.1) is 0 Å². The molecule has 1 heterocycles. The molecule has 2 heteroatoms.